The molecule has 0 aliphatic carbocycles. The number of pyridine rings is 1. The van der Waals surface area contributed by atoms with E-state index < -0.39 is 0 Å². The lowest BCUT2D eigenvalue weighted by Crippen LogP contribution is -2.14. The van der Waals surface area contributed by atoms with Gasteiger partial charge in [0.2, 0.25) is 0 Å². The Morgan fingerprint density at radius 2 is 1.35 bits per heavy atom. The van der Waals surface area contributed by atoms with Crippen LogP contribution in [0.5, 0.6) is 5.75 Å². The van der Waals surface area contributed by atoms with Crippen LogP contribution in [0.3, 0.4) is 0 Å². The summed E-state index contributed by atoms with van der Waals surface area (Å²) in [6.45, 7) is 0. The van der Waals surface area contributed by atoms with Crippen LogP contribution in [-0.2, 0) is 4.79 Å². The number of ether oxygens (including phenoxy) is 1. The standard InChI is InChI=1S/C28H23NO2/c30-28(21-27(23-9-3-1-4-10-23)24-11-5-2-6-12-24)31-26-18-15-22(16-19-26)14-17-25-13-7-8-20-29-25/h1-20,27H,21H2/b17-14+. The highest BCUT2D eigenvalue weighted by atomic mass is 16.5. The van der Waals surface area contributed by atoms with Crippen molar-refractivity contribution in [1.29, 1.82) is 0 Å². The van der Waals surface area contributed by atoms with Crippen molar-refractivity contribution < 1.29 is 9.53 Å². The molecule has 3 heteroatoms. The second-order valence-corrected chi connectivity index (χ2v) is 7.21. The van der Waals surface area contributed by atoms with Crippen LogP contribution in [0, 0.1) is 0 Å². The van der Waals surface area contributed by atoms with Crippen molar-refractivity contribution in [3.63, 3.8) is 0 Å². The fourth-order valence-corrected chi connectivity index (χ4v) is 3.44. The SMILES string of the molecule is O=C(CC(c1ccccc1)c1ccccc1)Oc1ccc(/C=C/c2ccccn2)cc1. The third-order valence-corrected chi connectivity index (χ3v) is 5.02. The second-order valence-electron chi connectivity index (χ2n) is 7.21. The quantitative estimate of drug-likeness (QED) is 0.264. The zero-order chi connectivity index (χ0) is 21.3. The van der Waals surface area contributed by atoms with Crippen molar-refractivity contribution in [3.8, 4) is 5.75 Å². The minimum absolute atomic E-state index is 0.0459. The molecule has 3 nitrogen and oxygen atoms in total. The van der Waals surface area contributed by atoms with E-state index in [4.69, 9.17) is 4.74 Å². The van der Waals surface area contributed by atoms with Gasteiger partial charge in [-0.2, -0.15) is 0 Å². The molecule has 0 saturated heterocycles. The minimum Gasteiger partial charge on any atom is -0.427 e. The Morgan fingerprint density at radius 1 is 0.742 bits per heavy atom. The molecule has 0 N–H and O–H groups in total. The summed E-state index contributed by atoms with van der Waals surface area (Å²) >= 11 is 0. The molecule has 0 unspecified atom stereocenters. The van der Waals surface area contributed by atoms with Gasteiger partial charge in [0.1, 0.15) is 5.75 Å². The van der Waals surface area contributed by atoms with Crippen LogP contribution in [0.15, 0.2) is 109 Å². The molecular formula is C28H23NO2. The Labute approximate surface area is 182 Å². The number of aromatic nitrogens is 1. The summed E-state index contributed by atoms with van der Waals surface area (Å²) in [5.74, 6) is 0.241. The molecule has 1 aromatic heterocycles. The molecule has 0 radical (unpaired) electrons. The van der Waals surface area contributed by atoms with Crippen molar-refractivity contribution in [2.24, 2.45) is 0 Å². The number of esters is 1. The molecule has 4 aromatic rings. The highest BCUT2D eigenvalue weighted by Gasteiger charge is 2.19. The Balaban J connectivity index is 1.43. The maximum atomic E-state index is 12.7. The molecule has 31 heavy (non-hydrogen) atoms. The third kappa shape index (κ3) is 5.77. The van der Waals surface area contributed by atoms with Gasteiger partial charge in [-0.1, -0.05) is 84.9 Å². The zero-order valence-corrected chi connectivity index (χ0v) is 17.1. The van der Waals surface area contributed by atoms with Gasteiger partial charge in [-0.15, -0.1) is 0 Å². The van der Waals surface area contributed by atoms with Crippen molar-refractivity contribution in [3.05, 3.63) is 132 Å². The first-order valence-electron chi connectivity index (χ1n) is 10.3. The van der Waals surface area contributed by atoms with E-state index in [9.17, 15) is 4.79 Å². The van der Waals surface area contributed by atoms with Crippen LogP contribution in [-0.4, -0.2) is 11.0 Å². The lowest BCUT2D eigenvalue weighted by molar-refractivity contribution is -0.134. The van der Waals surface area contributed by atoms with Crippen LogP contribution in [0.1, 0.15) is 34.7 Å². The smallest absolute Gasteiger partial charge is 0.312 e. The summed E-state index contributed by atoms with van der Waals surface area (Å²) in [7, 11) is 0. The van der Waals surface area contributed by atoms with Gasteiger partial charge in [-0.3, -0.25) is 9.78 Å². The highest BCUT2D eigenvalue weighted by molar-refractivity contribution is 5.74. The van der Waals surface area contributed by atoms with Crippen molar-refractivity contribution >= 4 is 18.1 Å². The molecule has 0 saturated carbocycles. The van der Waals surface area contributed by atoms with Crippen molar-refractivity contribution in [2.45, 2.75) is 12.3 Å². The van der Waals surface area contributed by atoms with Gasteiger partial charge >= 0.3 is 5.97 Å². The van der Waals surface area contributed by atoms with Crippen LogP contribution in [0.25, 0.3) is 12.2 Å². The van der Waals surface area contributed by atoms with E-state index in [1.807, 2.05) is 115 Å². The Kier molecular flexibility index (Phi) is 6.66. The molecule has 0 amide bonds. The Hall–Kier alpha value is -3.98. The fraction of sp³-hybridized carbons (Fsp3) is 0.0714. The van der Waals surface area contributed by atoms with Crippen molar-refractivity contribution in [2.75, 3.05) is 0 Å². The molecule has 152 valence electrons. The Bertz CT molecular complexity index is 1080. The number of rotatable bonds is 7. The number of carbonyl (C=O) groups excluding carboxylic acids is 1. The van der Waals surface area contributed by atoms with Gasteiger partial charge in [-0.05, 0) is 47.0 Å². The van der Waals surface area contributed by atoms with Crippen LogP contribution in [0.4, 0.5) is 0 Å². The molecule has 0 atom stereocenters. The molecule has 1 heterocycles. The summed E-state index contributed by atoms with van der Waals surface area (Å²) < 4.78 is 5.63. The molecular weight excluding hydrogens is 382 g/mol. The van der Waals surface area contributed by atoms with E-state index in [0.29, 0.717) is 5.75 Å². The third-order valence-electron chi connectivity index (χ3n) is 5.02. The number of benzene rings is 3. The van der Waals surface area contributed by atoms with E-state index in [0.717, 1.165) is 22.4 Å². The normalized spacial score (nSPS) is 11.0. The van der Waals surface area contributed by atoms with Gasteiger partial charge in [-0.25, -0.2) is 0 Å². The molecule has 0 fully saturated rings. The van der Waals surface area contributed by atoms with Crippen molar-refractivity contribution in [1.82, 2.24) is 4.98 Å². The summed E-state index contributed by atoms with van der Waals surface area (Å²) in [6, 6.07) is 33.4. The number of hydrogen-bond acceptors (Lipinski definition) is 3. The average molecular weight is 405 g/mol. The predicted octanol–water partition coefficient (Wildman–Crippen LogP) is 6.38. The summed E-state index contributed by atoms with van der Waals surface area (Å²) in [5.41, 5.74) is 4.10. The first-order valence-corrected chi connectivity index (χ1v) is 10.3. The highest BCUT2D eigenvalue weighted by Crippen LogP contribution is 2.28. The predicted molar refractivity (Wildman–Crippen MR) is 125 cm³/mol. The van der Waals surface area contributed by atoms with Crippen LogP contribution in [0.2, 0.25) is 0 Å². The molecule has 0 aliphatic rings. The van der Waals surface area contributed by atoms with Gasteiger partial charge in [0, 0.05) is 12.1 Å². The first-order chi connectivity index (χ1) is 15.3. The van der Waals surface area contributed by atoms with E-state index >= 15 is 0 Å². The van der Waals surface area contributed by atoms with E-state index in [-0.39, 0.29) is 18.3 Å². The molecule has 0 aliphatic heterocycles. The topological polar surface area (TPSA) is 39.2 Å². The molecule has 0 bridgehead atoms. The first kappa shape index (κ1) is 20.3. The number of carbonyl (C=O) groups is 1. The monoisotopic (exact) mass is 405 g/mol. The lowest BCUT2D eigenvalue weighted by atomic mass is 9.89. The molecule has 4 rings (SSSR count). The van der Waals surface area contributed by atoms with E-state index in [2.05, 4.69) is 4.98 Å². The summed E-state index contributed by atoms with van der Waals surface area (Å²) in [6.07, 6.45) is 5.97. The van der Waals surface area contributed by atoms with Gasteiger partial charge in [0.15, 0.2) is 0 Å². The maximum Gasteiger partial charge on any atom is 0.312 e. The van der Waals surface area contributed by atoms with Gasteiger partial charge in [0.05, 0.1) is 12.1 Å². The van der Waals surface area contributed by atoms with Crippen LogP contribution < -0.4 is 4.74 Å². The molecule has 0 spiro atoms. The second kappa shape index (κ2) is 10.2. The summed E-state index contributed by atoms with van der Waals surface area (Å²) in [5, 5.41) is 0. The Morgan fingerprint density at radius 3 is 1.94 bits per heavy atom. The van der Waals surface area contributed by atoms with E-state index in [1.165, 1.54) is 0 Å². The zero-order valence-electron chi connectivity index (χ0n) is 17.1. The minimum atomic E-state index is -0.255. The van der Waals surface area contributed by atoms with Gasteiger partial charge < -0.3 is 4.74 Å². The molecule has 3 aromatic carbocycles. The largest absolute Gasteiger partial charge is 0.427 e. The van der Waals surface area contributed by atoms with Crippen LogP contribution >= 0.6 is 0 Å². The number of nitrogens with zero attached hydrogens (tertiary/aromatic N) is 1. The fourth-order valence-electron chi connectivity index (χ4n) is 3.44. The van der Waals surface area contributed by atoms with Gasteiger partial charge in [0.25, 0.3) is 0 Å². The maximum absolute atomic E-state index is 12.7. The summed E-state index contributed by atoms with van der Waals surface area (Å²) in [4.78, 5) is 17.0. The number of hydrogen-bond donors (Lipinski definition) is 0. The lowest BCUT2D eigenvalue weighted by Gasteiger charge is -2.17. The van der Waals surface area contributed by atoms with E-state index in [1.54, 1.807) is 6.20 Å². The average Bonchev–Trinajstić information content (AvgIpc) is 2.84.